The van der Waals surface area contributed by atoms with Crippen LogP contribution in [0.4, 0.5) is 4.39 Å². The Balaban J connectivity index is 1.39. The highest BCUT2D eigenvalue weighted by molar-refractivity contribution is 5.83. The van der Waals surface area contributed by atoms with E-state index in [0.717, 1.165) is 29.4 Å². The highest BCUT2D eigenvalue weighted by atomic mass is 19.1. The van der Waals surface area contributed by atoms with Gasteiger partial charge in [-0.1, -0.05) is 11.8 Å². The van der Waals surface area contributed by atoms with Crippen LogP contribution >= 0.6 is 0 Å². The van der Waals surface area contributed by atoms with E-state index in [4.69, 9.17) is 4.74 Å². The number of carboxylic acid groups (broad SMARTS) is 1. The Morgan fingerprint density at radius 1 is 1.31 bits per heavy atom. The van der Waals surface area contributed by atoms with E-state index in [2.05, 4.69) is 21.7 Å². The summed E-state index contributed by atoms with van der Waals surface area (Å²) >= 11 is 0. The second-order valence-electron chi connectivity index (χ2n) is 9.34. The maximum absolute atomic E-state index is 15.4. The minimum atomic E-state index is -1.15. The number of carboxylic acids is 1. The third-order valence-corrected chi connectivity index (χ3v) is 6.89. The maximum Gasteiger partial charge on any atom is 0.303 e. The molecule has 6 nitrogen and oxygen atoms in total. The van der Waals surface area contributed by atoms with Crippen molar-refractivity contribution in [2.45, 2.75) is 31.9 Å². The minimum Gasteiger partial charge on any atom is -0.497 e. The van der Waals surface area contributed by atoms with Crippen LogP contribution in [0.3, 0.4) is 0 Å². The highest BCUT2D eigenvalue weighted by Gasteiger charge is 2.31. The Bertz CT molecular complexity index is 1230. The Kier molecular flexibility index (Phi) is 8.04. The van der Waals surface area contributed by atoms with Crippen molar-refractivity contribution in [2.24, 2.45) is 18.9 Å². The molecule has 184 valence electrons. The Morgan fingerprint density at radius 3 is 2.91 bits per heavy atom. The van der Waals surface area contributed by atoms with Crippen molar-refractivity contribution >= 4 is 16.9 Å². The lowest BCUT2D eigenvalue weighted by Crippen LogP contribution is -2.41. The predicted molar refractivity (Wildman–Crippen MR) is 134 cm³/mol. The zero-order chi connectivity index (χ0) is 24.8. The van der Waals surface area contributed by atoms with E-state index in [9.17, 15) is 9.90 Å². The maximum atomic E-state index is 15.4. The topological polar surface area (TPSA) is 67.6 Å². The summed E-state index contributed by atoms with van der Waals surface area (Å²) in [5, 5.41) is 10.2. The van der Waals surface area contributed by atoms with E-state index < -0.39 is 12.1 Å². The first-order valence-electron chi connectivity index (χ1n) is 12.0. The zero-order valence-electron chi connectivity index (χ0n) is 20.3. The molecule has 7 heteroatoms. The number of hydrogen-bond donors (Lipinski definition) is 1. The number of methoxy groups -OCH3 is 1. The number of nitrogens with zero attached hydrogens (tertiary/aromatic N) is 3. The molecule has 0 amide bonds. The Labute approximate surface area is 205 Å². The van der Waals surface area contributed by atoms with Crippen LogP contribution in [-0.4, -0.2) is 52.3 Å². The average Bonchev–Trinajstić information content (AvgIpc) is 3.27. The Hall–Kier alpha value is -3.37. The first-order valence-corrected chi connectivity index (χ1v) is 12.0. The normalized spacial score (nSPS) is 19.2. The van der Waals surface area contributed by atoms with Crippen LogP contribution in [0.2, 0.25) is 0 Å². The molecular formula is C28H32FN3O3. The molecule has 0 unspecified atom stereocenters. The number of halogens is 1. The number of carbonyl (C=O) groups is 1. The fourth-order valence-electron chi connectivity index (χ4n) is 5.03. The molecule has 3 aromatic rings. The summed E-state index contributed by atoms with van der Waals surface area (Å²) in [7, 11) is 3.55. The van der Waals surface area contributed by atoms with Crippen LogP contribution in [-0.2, 0) is 11.8 Å². The number of piperidine rings is 1. The van der Waals surface area contributed by atoms with Gasteiger partial charge in [0.1, 0.15) is 11.9 Å². The smallest absolute Gasteiger partial charge is 0.303 e. The summed E-state index contributed by atoms with van der Waals surface area (Å²) in [6.45, 7) is 2.12. The third-order valence-electron chi connectivity index (χ3n) is 6.89. The number of likely N-dealkylation sites (tertiary alicyclic amines) is 1. The number of benzene rings is 1. The van der Waals surface area contributed by atoms with Gasteiger partial charge in [0.25, 0.3) is 0 Å². The van der Waals surface area contributed by atoms with Gasteiger partial charge in [-0.05, 0) is 73.5 Å². The van der Waals surface area contributed by atoms with Gasteiger partial charge in [0.15, 0.2) is 0 Å². The molecule has 1 saturated heterocycles. The predicted octanol–water partition coefficient (Wildman–Crippen LogP) is 4.84. The van der Waals surface area contributed by atoms with Crippen LogP contribution in [0.5, 0.6) is 5.75 Å². The molecule has 1 fully saturated rings. The number of alkyl halides is 1. The van der Waals surface area contributed by atoms with E-state index >= 15 is 4.39 Å². The van der Waals surface area contributed by atoms with Crippen molar-refractivity contribution in [1.29, 1.82) is 0 Å². The van der Waals surface area contributed by atoms with Gasteiger partial charge in [-0.3, -0.25) is 14.7 Å². The van der Waals surface area contributed by atoms with Gasteiger partial charge < -0.3 is 14.4 Å². The number of aromatic nitrogens is 2. The summed E-state index contributed by atoms with van der Waals surface area (Å²) < 4.78 is 22.7. The number of aliphatic carboxylic acids is 1. The number of hydrogen-bond acceptors (Lipinski definition) is 4. The van der Waals surface area contributed by atoms with Crippen LogP contribution in [0.15, 0.2) is 48.9 Å². The molecule has 3 heterocycles. The summed E-state index contributed by atoms with van der Waals surface area (Å²) in [5.41, 5.74) is 2.32. The van der Waals surface area contributed by atoms with Crippen molar-refractivity contribution in [3.05, 3.63) is 60.0 Å². The molecule has 0 aliphatic carbocycles. The van der Waals surface area contributed by atoms with Gasteiger partial charge in [0.2, 0.25) is 0 Å². The summed E-state index contributed by atoms with van der Waals surface area (Å²) in [6.07, 6.45) is 6.37. The van der Waals surface area contributed by atoms with E-state index in [1.807, 2.05) is 48.3 Å². The fourth-order valence-corrected chi connectivity index (χ4v) is 5.03. The number of aryl methyl sites for hydroxylation is 1. The molecule has 0 bridgehead atoms. The molecule has 4 rings (SSSR count). The van der Waals surface area contributed by atoms with Gasteiger partial charge in [0.05, 0.1) is 19.2 Å². The molecule has 1 aliphatic rings. The molecule has 0 spiro atoms. The van der Waals surface area contributed by atoms with Gasteiger partial charge >= 0.3 is 5.97 Å². The Morgan fingerprint density at radius 2 is 2.17 bits per heavy atom. The second kappa shape index (κ2) is 11.4. The standard InChI is InChI=1S/C28H32FN3O3/c1-31-14-10-20(18-31)4-3-13-32-15-11-21(22(19-32)16-28(33)34)5-7-26(29)24-9-12-30-27-8-6-23(35-2)17-25(24)27/h6,8-10,12,14,17-18,21-22,26H,5,7,11,13,15-16,19H2,1-2H3,(H,33,34)/t21-,22+,26+/m1/s1. The number of fused-ring (bicyclic) bond motifs is 1. The van der Waals surface area contributed by atoms with Crippen LogP contribution in [0, 0.1) is 23.7 Å². The quantitative estimate of drug-likeness (QED) is 0.471. The molecular weight excluding hydrogens is 445 g/mol. The van der Waals surface area contributed by atoms with E-state index in [0.29, 0.717) is 37.2 Å². The van der Waals surface area contributed by atoms with Gasteiger partial charge in [-0.25, -0.2) is 4.39 Å². The first kappa shape index (κ1) is 24.7. The largest absolute Gasteiger partial charge is 0.497 e. The van der Waals surface area contributed by atoms with Crippen LogP contribution < -0.4 is 4.74 Å². The zero-order valence-corrected chi connectivity index (χ0v) is 20.3. The number of pyridine rings is 1. The third kappa shape index (κ3) is 6.40. The highest BCUT2D eigenvalue weighted by Crippen LogP contribution is 2.36. The average molecular weight is 478 g/mol. The lowest BCUT2D eigenvalue weighted by Gasteiger charge is -2.37. The molecule has 0 saturated carbocycles. The summed E-state index contributed by atoms with van der Waals surface area (Å²) in [5.74, 6) is 6.40. The number of ether oxygens (including phenoxy) is 1. The second-order valence-corrected chi connectivity index (χ2v) is 9.34. The van der Waals surface area contributed by atoms with Gasteiger partial charge in [-0.15, -0.1) is 0 Å². The lowest BCUT2D eigenvalue weighted by atomic mass is 9.79. The lowest BCUT2D eigenvalue weighted by molar-refractivity contribution is -0.139. The van der Waals surface area contributed by atoms with Crippen molar-refractivity contribution in [3.8, 4) is 17.6 Å². The van der Waals surface area contributed by atoms with Crippen molar-refractivity contribution < 1.29 is 19.0 Å². The van der Waals surface area contributed by atoms with Gasteiger partial charge in [0, 0.05) is 49.6 Å². The number of rotatable bonds is 8. The molecule has 2 aromatic heterocycles. The molecule has 1 aromatic carbocycles. The molecule has 0 radical (unpaired) electrons. The van der Waals surface area contributed by atoms with Crippen LogP contribution in [0.1, 0.15) is 43.0 Å². The van der Waals surface area contributed by atoms with Gasteiger partial charge in [-0.2, -0.15) is 0 Å². The summed E-state index contributed by atoms with van der Waals surface area (Å²) in [6, 6.07) is 9.19. The van der Waals surface area contributed by atoms with Crippen molar-refractivity contribution in [2.75, 3.05) is 26.7 Å². The summed E-state index contributed by atoms with van der Waals surface area (Å²) in [4.78, 5) is 18.1. The van der Waals surface area contributed by atoms with E-state index in [-0.39, 0.29) is 18.3 Å². The minimum absolute atomic E-state index is 0.0127. The molecule has 35 heavy (non-hydrogen) atoms. The fraction of sp³-hybridized carbons (Fsp3) is 0.429. The molecule has 1 aliphatic heterocycles. The first-order chi connectivity index (χ1) is 16.9. The van der Waals surface area contributed by atoms with E-state index in [1.165, 1.54) is 0 Å². The molecule has 3 atom stereocenters. The molecule has 1 N–H and O–H groups in total. The van der Waals surface area contributed by atoms with Crippen molar-refractivity contribution in [1.82, 2.24) is 14.5 Å². The monoisotopic (exact) mass is 477 g/mol. The van der Waals surface area contributed by atoms with Crippen molar-refractivity contribution in [3.63, 3.8) is 0 Å². The SMILES string of the molecule is COc1ccc2nccc([C@@H](F)CC[C@@H]3CCN(CC#Cc4ccn(C)c4)C[C@@H]3CC(=O)O)c2c1. The van der Waals surface area contributed by atoms with E-state index in [1.54, 1.807) is 19.4 Å². The van der Waals surface area contributed by atoms with Crippen LogP contribution in [0.25, 0.3) is 10.9 Å².